The normalized spacial score (nSPS) is 12.3. The molecule has 6 nitrogen and oxygen atoms in total. The van der Waals surface area contributed by atoms with Crippen LogP contribution in [0.3, 0.4) is 0 Å². The van der Waals surface area contributed by atoms with Crippen molar-refractivity contribution < 1.29 is 14.3 Å². The Morgan fingerprint density at radius 1 is 1.14 bits per heavy atom. The zero-order valence-electron chi connectivity index (χ0n) is 16.1. The molecule has 0 fully saturated rings. The van der Waals surface area contributed by atoms with Crippen molar-refractivity contribution in [2.45, 2.75) is 6.10 Å². The maximum Gasteiger partial charge on any atom is 0.269 e. The number of aliphatic hydroxyl groups is 1. The van der Waals surface area contributed by atoms with Gasteiger partial charge in [0, 0.05) is 37.9 Å². The Labute approximate surface area is 167 Å². The first-order valence-electron chi connectivity index (χ1n) is 9.23. The highest BCUT2D eigenvalue weighted by atomic mass is 19.1. The maximum absolute atomic E-state index is 13.1. The standard InChI is InChI=1S/C22H21FN4O2/c1-26-10-9-15-11-16(5-8-19(15)26)21(28)13-24-22(29)20-12-18(25-27(20)2)14-3-6-17(23)7-4-14/h3-12,21,28H,13H2,1-2H3,(H,24,29). The van der Waals surface area contributed by atoms with E-state index < -0.39 is 6.10 Å². The quantitative estimate of drug-likeness (QED) is 0.548. The molecule has 2 N–H and O–H groups in total. The van der Waals surface area contributed by atoms with Crippen molar-refractivity contribution in [3.8, 4) is 11.3 Å². The van der Waals surface area contributed by atoms with Crippen LogP contribution in [0.2, 0.25) is 0 Å². The molecule has 0 aliphatic heterocycles. The predicted octanol–water partition coefficient (Wildman–Crippen LogP) is 3.18. The van der Waals surface area contributed by atoms with Crippen LogP contribution in [0.1, 0.15) is 22.2 Å². The van der Waals surface area contributed by atoms with E-state index in [1.165, 1.54) is 16.8 Å². The van der Waals surface area contributed by atoms with Crippen molar-refractivity contribution in [2.75, 3.05) is 6.54 Å². The van der Waals surface area contributed by atoms with Gasteiger partial charge in [0.05, 0.1) is 11.8 Å². The van der Waals surface area contributed by atoms with Gasteiger partial charge in [-0.3, -0.25) is 9.48 Å². The fourth-order valence-electron chi connectivity index (χ4n) is 3.35. The lowest BCUT2D eigenvalue weighted by Gasteiger charge is -2.13. The lowest BCUT2D eigenvalue weighted by atomic mass is 10.1. The first-order chi connectivity index (χ1) is 13.9. The SMILES string of the molecule is Cn1nc(-c2ccc(F)cc2)cc1C(=O)NCC(O)c1ccc2c(ccn2C)c1. The van der Waals surface area contributed by atoms with E-state index in [0.717, 1.165) is 22.0 Å². The third-order valence-corrected chi connectivity index (χ3v) is 5.00. The fourth-order valence-corrected chi connectivity index (χ4v) is 3.35. The molecular formula is C22H21FN4O2. The Kier molecular flexibility index (Phi) is 4.90. The summed E-state index contributed by atoms with van der Waals surface area (Å²) in [6.45, 7) is 0.0776. The molecule has 1 amide bonds. The number of nitrogens with one attached hydrogen (secondary N) is 1. The summed E-state index contributed by atoms with van der Waals surface area (Å²) in [5.41, 5.74) is 3.47. The van der Waals surface area contributed by atoms with E-state index in [4.69, 9.17) is 0 Å². The molecule has 1 unspecified atom stereocenters. The number of amides is 1. The average Bonchev–Trinajstić information content (AvgIpc) is 3.29. The molecule has 7 heteroatoms. The number of aryl methyl sites for hydroxylation is 2. The van der Waals surface area contributed by atoms with Crippen LogP contribution >= 0.6 is 0 Å². The molecule has 0 saturated carbocycles. The van der Waals surface area contributed by atoms with Gasteiger partial charge in [-0.05, 0) is 59.5 Å². The van der Waals surface area contributed by atoms with Gasteiger partial charge in [0.25, 0.3) is 5.91 Å². The van der Waals surface area contributed by atoms with E-state index in [2.05, 4.69) is 10.4 Å². The minimum atomic E-state index is -0.826. The fraction of sp³-hybridized carbons (Fsp3) is 0.182. The summed E-state index contributed by atoms with van der Waals surface area (Å²) < 4.78 is 16.6. The van der Waals surface area contributed by atoms with Crippen molar-refractivity contribution in [3.05, 3.63) is 77.9 Å². The number of aromatic nitrogens is 3. The van der Waals surface area contributed by atoms with Crippen LogP contribution in [0, 0.1) is 5.82 Å². The number of hydrogen-bond acceptors (Lipinski definition) is 3. The molecule has 0 aliphatic carbocycles. The van der Waals surface area contributed by atoms with E-state index in [1.54, 1.807) is 25.2 Å². The summed E-state index contributed by atoms with van der Waals surface area (Å²) in [5, 5.41) is 18.6. The van der Waals surface area contributed by atoms with Crippen molar-refractivity contribution in [1.29, 1.82) is 0 Å². The largest absolute Gasteiger partial charge is 0.387 e. The number of benzene rings is 2. The molecule has 4 aromatic rings. The number of hydrogen-bond donors (Lipinski definition) is 2. The third kappa shape index (κ3) is 3.77. The molecule has 29 heavy (non-hydrogen) atoms. The van der Waals surface area contributed by atoms with E-state index in [-0.39, 0.29) is 18.3 Å². The lowest BCUT2D eigenvalue weighted by Crippen LogP contribution is -2.29. The second-order valence-corrected chi connectivity index (χ2v) is 7.02. The van der Waals surface area contributed by atoms with E-state index in [9.17, 15) is 14.3 Å². The summed E-state index contributed by atoms with van der Waals surface area (Å²) in [6, 6.07) is 15.3. The first kappa shape index (κ1) is 18.9. The van der Waals surface area contributed by atoms with Crippen molar-refractivity contribution in [2.24, 2.45) is 14.1 Å². The Bertz CT molecular complexity index is 1180. The smallest absolute Gasteiger partial charge is 0.269 e. The molecule has 0 spiro atoms. The van der Waals surface area contributed by atoms with Gasteiger partial charge in [-0.2, -0.15) is 5.10 Å². The number of rotatable bonds is 5. The summed E-state index contributed by atoms with van der Waals surface area (Å²) in [4.78, 5) is 12.6. The number of aliphatic hydroxyl groups excluding tert-OH is 1. The molecule has 1 atom stereocenters. The summed E-state index contributed by atoms with van der Waals surface area (Å²) >= 11 is 0. The minimum Gasteiger partial charge on any atom is -0.387 e. The molecule has 0 radical (unpaired) electrons. The predicted molar refractivity (Wildman–Crippen MR) is 109 cm³/mol. The third-order valence-electron chi connectivity index (χ3n) is 5.00. The van der Waals surface area contributed by atoms with Crippen molar-refractivity contribution in [3.63, 3.8) is 0 Å². The van der Waals surface area contributed by atoms with Crippen LogP contribution in [0.4, 0.5) is 4.39 Å². The molecule has 0 saturated heterocycles. The molecular weight excluding hydrogens is 371 g/mol. The van der Waals surface area contributed by atoms with E-state index in [0.29, 0.717) is 11.4 Å². The van der Waals surface area contributed by atoms with Gasteiger partial charge >= 0.3 is 0 Å². The lowest BCUT2D eigenvalue weighted by molar-refractivity contribution is 0.0907. The van der Waals surface area contributed by atoms with Gasteiger partial charge in [0.2, 0.25) is 0 Å². The molecule has 0 bridgehead atoms. The average molecular weight is 392 g/mol. The number of carbonyl (C=O) groups is 1. The van der Waals surface area contributed by atoms with Gasteiger partial charge in [-0.15, -0.1) is 0 Å². The molecule has 0 aliphatic rings. The zero-order valence-corrected chi connectivity index (χ0v) is 16.1. The highest BCUT2D eigenvalue weighted by Gasteiger charge is 2.16. The van der Waals surface area contributed by atoms with Crippen LogP contribution < -0.4 is 5.32 Å². The number of carbonyl (C=O) groups excluding carboxylic acids is 1. The minimum absolute atomic E-state index is 0.0776. The van der Waals surface area contributed by atoms with E-state index in [1.807, 2.05) is 42.1 Å². The first-order valence-corrected chi connectivity index (χ1v) is 9.23. The highest BCUT2D eigenvalue weighted by molar-refractivity contribution is 5.93. The van der Waals surface area contributed by atoms with Crippen LogP contribution in [0.5, 0.6) is 0 Å². The second kappa shape index (κ2) is 7.52. The number of nitrogens with zero attached hydrogens (tertiary/aromatic N) is 3. The highest BCUT2D eigenvalue weighted by Crippen LogP contribution is 2.22. The Morgan fingerprint density at radius 2 is 1.90 bits per heavy atom. The van der Waals surface area contributed by atoms with Gasteiger partial charge in [0.15, 0.2) is 0 Å². The number of halogens is 1. The summed E-state index contributed by atoms with van der Waals surface area (Å²) in [7, 11) is 3.63. The van der Waals surface area contributed by atoms with Crippen LogP contribution in [-0.2, 0) is 14.1 Å². The van der Waals surface area contributed by atoms with Gasteiger partial charge in [-0.25, -0.2) is 4.39 Å². The Hall–Kier alpha value is -3.45. The monoisotopic (exact) mass is 392 g/mol. The Balaban J connectivity index is 1.45. The molecule has 2 aromatic carbocycles. The van der Waals surface area contributed by atoms with Gasteiger partial charge in [-0.1, -0.05) is 6.07 Å². The second-order valence-electron chi connectivity index (χ2n) is 7.02. The zero-order chi connectivity index (χ0) is 20.5. The van der Waals surface area contributed by atoms with Crippen LogP contribution in [0.25, 0.3) is 22.2 Å². The number of fused-ring (bicyclic) bond motifs is 1. The van der Waals surface area contributed by atoms with Crippen molar-refractivity contribution in [1.82, 2.24) is 19.7 Å². The molecule has 148 valence electrons. The molecule has 2 aromatic heterocycles. The van der Waals surface area contributed by atoms with Crippen LogP contribution in [0.15, 0.2) is 60.8 Å². The van der Waals surface area contributed by atoms with E-state index >= 15 is 0 Å². The van der Waals surface area contributed by atoms with Gasteiger partial charge < -0.3 is 15.0 Å². The topological polar surface area (TPSA) is 72.1 Å². The molecule has 2 heterocycles. The summed E-state index contributed by atoms with van der Waals surface area (Å²) in [6.07, 6.45) is 1.14. The summed E-state index contributed by atoms with van der Waals surface area (Å²) in [5.74, 6) is -0.668. The van der Waals surface area contributed by atoms with Gasteiger partial charge in [0.1, 0.15) is 11.5 Å². The van der Waals surface area contributed by atoms with Crippen LogP contribution in [-0.4, -0.2) is 31.9 Å². The van der Waals surface area contributed by atoms with Crippen molar-refractivity contribution >= 4 is 16.8 Å². The maximum atomic E-state index is 13.1. The molecule has 4 rings (SSSR count). The Morgan fingerprint density at radius 3 is 2.66 bits per heavy atom.